The highest BCUT2D eigenvalue weighted by molar-refractivity contribution is 7.12. The molecule has 1 rings (SSSR count). The van der Waals surface area contributed by atoms with Gasteiger partial charge in [0.1, 0.15) is 0 Å². The van der Waals surface area contributed by atoms with Gasteiger partial charge >= 0.3 is 5.97 Å². The van der Waals surface area contributed by atoms with Gasteiger partial charge in [-0.2, -0.15) is 0 Å². The van der Waals surface area contributed by atoms with Gasteiger partial charge in [-0.3, -0.25) is 14.4 Å². The van der Waals surface area contributed by atoms with E-state index in [1.54, 1.807) is 17.5 Å². The highest BCUT2D eigenvalue weighted by Crippen LogP contribution is 2.13. The van der Waals surface area contributed by atoms with Gasteiger partial charge in [0.15, 0.2) is 0 Å². The molecule has 0 saturated heterocycles. The Morgan fingerprint density at radius 2 is 2.00 bits per heavy atom. The van der Waals surface area contributed by atoms with Crippen LogP contribution in [0.2, 0.25) is 0 Å². The molecule has 2 amide bonds. The molecule has 20 heavy (non-hydrogen) atoms. The maximum Gasteiger partial charge on any atom is 0.310 e. The largest absolute Gasteiger partial charge is 0.481 e. The minimum Gasteiger partial charge on any atom is -0.481 e. The van der Waals surface area contributed by atoms with E-state index in [-0.39, 0.29) is 31.3 Å². The molecular weight excluding hydrogens is 280 g/mol. The Kier molecular flexibility index (Phi) is 5.69. The van der Waals surface area contributed by atoms with Crippen molar-refractivity contribution < 1.29 is 19.5 Å². The third-order valence-electron chi connectivity index (χ3n) is 2.69. The summed E-state index contributed by atoms with van der Waals surface area (Å²) in [4.78, 5) is 34.6. The van der Waals surface area contributed by atoms with Gasteiger partial charge in [-0.15, -0.1) is 11.3 Å². The second kappa shape index (κ2) is 7.04. The summed E-state index contributed by atoms with van der Waals surface area (Å²) in [5, 5.41) is 15.9. The third-order valence-corrected chi connectivity index (χ3v) is 3.56. The first-order chi connectivity index (χ1) is 9.33. The Labute approximate surface area is 121 Å². The average molecular weight is 298 g/mol. The summed E-state index contributed by atoms with van der Waals surface area (Å²) in [7, 11) is 0. The molecule has 0 radical (unpaired) electrons. The fourth-order valence-electron chi connectivity index (χ4n) is 1.27. The van der Waals surface area contributed by atoms with Gasteiger partial charge in [-0.1, -0.05) is 6.07 Å². The SMILES string of the molecule is CC(C)(CNC(=O)CCNC(=O)c1cccs1)C(=O)O. The van der Waals surface area contributed by atoms with Gasteiger partial charge in [0.2, 0.25) is 5.91 Å². The Balaban J connectivity index is 2.24. The maximum absolute atomic E-state index is 11.6. The van der Waals surface area contributed by atoms with Crippen molar-refractivity contribution in [2.24, 2.45) is 5.41 Å². The van der Waals surface area contributed by atoms with Gasteiger partial charge in [0.25, 0.3) is 5.91 Å². The lowest BCUT2D eigenvalue weighted by Crippen LogP contribution is -2.40. The molecule has 0 unspecified atom stereocenters. The van der Waals surface area contributed by atoms with Crippen LogP contribution < -0.4 is 10.6 Å². The smallest absolute Gasteiger partial charge is 0.310 e. The van der Waals surface area contributed by atoms with Gasteiger partial charge in [0.05, 0.1) is 10.3 Å². The first-order valence-electron chi connectivity index (χ1n) is 6.15. The Bertz CT molecular complexity index is 483. The maximum atomic E-state index is 11.6. The average Bonchev–Trinajstić information content (AvgIpc) is 2.90. The zero-order valence-electron chi connectivity index (χ0n) is 11.4. The summed E-state index contributed by atoms with van der Waals surface area (Å²) in [6, 6.07) is 3.48. The van der Waals surface area contributed by atoms with Crippen molar-refractivity contribution in [1.29, 1.82) is 0 Å². The summed E-state index contributed by atoms with van der Waals surface area (Å²) < 4.78 is 0. The summed E-state index contributed by atoms with van der Waals surface area (Å²) in [5.74, 6) is -1.46. The van der Waals surface area contributed by atoms with Gasteiger partial charge in [-0.05, 0) is 25.3 Å². The summed E-state index contributed by atoms with van der Waals surface area (Å²) in [6.45, 7) is 3.35. The topological polar surface area (TPSA) is 95.5 Å². The van der Waals surface area contributed by atoms with E-state index in [9.17, 15) is 14.4 Å². The zero-order chi connectivity index (χ0) is 15.2. The predicted molar refractivity (Wildman–Crippen MR) is 75.7 cm³/mol. The molecule has 0 aliphatic carbocycles. The molecule has 1 aromatic heterocycles. The Morgan fingerprint density at radius 3 is 2.55 bits per heavy atom. The van der Waals surface area contributed by atoms with E-state index in [0.29, 0.717) is 4.88 Å². The number of nitrogens with one attached hydrogen (secondary N) is 2. The number of thiophene rings is 1. The van der Waals surface area contributed by atoms with Crippen LogP contribution in [-0.4, -0.2) is 36.0 Å². The number of carbonyl (C=O) groups excluding carboxylic acids is 2. The standard InChI is InChI=1S/C13H18N2O4S/c1-13(2,12(18)19)8-15-10(16)5-6-14-11(17)9-4-3-7-20-9/h3-4,7H,5-6,8H2,1-2H3,(H,14,17)(H,15,16)(H,18,19). The molecule has 0 atom stereocenters. The molecule has 0 spiro atoms. The summed E-state index contributed by atoms with van der Waals surface area (Å²) in [5.41, 5.74) is -1.00. The highest BCUT2D eigenvalue weighted by Gasteiger charge is 2.27. The molecule has 0 aliphatic rings. The van der Waals surface area contributed by atoms with Crippen LogP contribution in [0.3, 0.4) is 0 Å². The molecule has 1 aromatic rings. The zero-order valence-corrected chi connectivity index (χ0v) is 12.3. The van der Waals surface area contributed by atoms with Crippen LogP contribution in [0.4, 0.5) is 0 Å². The van der Waals surface area contributed by atoms with Gasteiger partial charge < -0.3 is 15.7 Å². The number of hydrogen-bond donors (Lipinski definition) is 3. The van der Waals surface area contributed by atoms with Gasteiger partial charge in [-0.25, -0.2) is 0 Å². The molecule has 0 bridgehead atoms. The summed E-state index contributed by atoms with van der Waals surface area (Å²) >= 11 is 1.33. The Hall–Kier alpha value is -1.89. The first-order valence-corrected chi connectivity index (χ1v) is 7.03. The second-order valence-corrected chi connectivity index (χ2v) is 5.90. The molecule has 0 aromatic carbocycles. The number of aliphatic carboxylic acids is 1. The van der Waals surface area contributed by atoms with Crippen LogP contribution in [0, 0.1) is 5.41 Å². The first kappa shape index (κ1) is 16.2. The number of rotatable bonds is 7. The van der Waals surface area contributed by atoms with Crippen molar-refractivity contribution in [3.05, 3.63) is 22.4 Å². The molecule has 1 heterocycles. The van der Waals surface area contributed by atoms with Crippen LogP contribution in [0.5, 0.6) is 0 Å². The quantitative estimate of drug-likeness (QED) is 0.702. The van der Waals surface area contributed by atoms with Crippen molar-refractivity contribution in [3.8, 4) is 0 Å². The van der Waals surface area contributed by atoms with Crippen LogP contribution in [-0.2, 0) is 9.59 Å². The van der Waals surface area contributed by atoms with Crippen LogP contribution >= 0.6 is 11.3 Å². The van der Waals surface area contributed by atoms with Crippen molar-refractivity contribution in [3.63, 3.8) is 0 Å². The highest BCUT2D eigenvalue weighted by atomic mass is 32.1. The molecule has 110 valence electrons. The van der Waals surface area contributed by atoms with E-state index in [1.165, 1.54) is 25.2 Å². The lowest BCUT2D eigenvalue weighted by molar-refractivity contribution is -0.146. The molecule has 7 heteroatoms. The van der Waals surface area contributed by atoms with E-state index in [2.05, 4.69) is 10.6 Å². The molecule has 3 N–H and O–H groups in total. The van der Waals surface area contributed by atoms with E-state index < -0.39 is 11.4 Å². The minimum absolute atomic E-state index is 0.0556. The van der Waals surface area contributed by atoms with E-state index >= 15 is 0 Å². The third kappa shape index (κ3) is 5.00. The lowest BCUT2D eigenvalue weighted by Gasteiger charge is -2.19. The lowest BCUT2D eigenvalue weighted by atomic mass is 9.94. The Morgan fingerprint density at radius 1 is 1.30 bits per heavy atom. The van der Waals surface area contributed by atoms with Crippen molar-refractivity contribution in [2.75, 3.05) is 13.1 Å². The van der Waals surface area contributed by atoms with E-state index in [1.807, 2.05) is 0 Å². The fourth-order valence-corrected chi connectivity index (χ4v) is 1.91. The molecule has 0 saturated carbocycles. The minimum atomic E-state index is -1.00. The number of carbonyl (C=O) groups is 3. The fraction of sp³-hybridized carbons (Fsp3) is 0.462. The molecule has 0 aliphatic heterocycles. The molecular formula is C13H18N2O4S. The van der Waals surface area contributed by atoms with Crippen LogP contribution in [0.1, 0.15) is 29.9 Å². The monoisotopic (exact) mass is 298 g/mol. The summed E-state index contributed by atoms with van der Waals surface area (Å²) in [6.07, 6.45) is 0.118. The second-order valence-electron chi connectivity index (χ2n) is 4.95. The molecule has 6 nitrogen and oxygen atoms in total. The normalized spacial score (nSPS) is 10.9. The predicted octanol–water partition coefficient (Wildman–Crippen LogP) is 1.09. The van der Waals surface area contributed by atoms with Crippen LogP contribution in [0.25, 0.3) is 0 Å². The van der Waals surface area contributed by atoms with E-state index in [0.717, 1.165) is 0 Å². The van der Waals surface area contributed by atoms with Crippen molar-refractivity contribution in [1.82, 2.24) is 10.6 Å². The number of carboxylic acid groups (broad SMARTS) is 1. The number of hydrogen-bond acceptors (Lipinski definition) is 4. The van der Waals surface area contributed by atoms with Crippen LogP contribution in [0.15, 0.2) is 17.5 Å². The van der Waals surface area contributed by atoms with Crippen molar-refractivity contribution in [2.45, 2.75) is 20.3 Å². The number of carboxylic acids is 1. The number of amides is 2. The van der Waals surface area contributed by atoms with Crippen molar-refractivity contribution >= 4 is 29.1 Å². The molecule has 0 fully saturated rings. The van der Waals surface area contributed by atoms with E-state index in [4.69, 9.17) is 5.11 Å². The van der Waals surface area contributed by atoms with Gasteiger partial charge in [0, 0.05) is 19.5 Å².